The number of halogens is 6. The molecule has 8 heteroatoms. The number of aromatic nitrogens is 1. The first kappa shape index (κ1) is 12.5. The maximum atomic E-state index is 12.1. The normalized spacial score (nSPS) is 12.6. The lowest BCUT2D eigenvalue weighted by Crippen LogP contribution is -2.23. The van der Waals surface area contributed by atoms with Crippen molar-refractivity contribution in [1.82, 2.24) is 4.98 Å². The van der Waals surface area contributed by atoms with Crippen molar-refractivity contribution in [2.75, 3.05) is 0 Å². The van der Waals surface area contributed by atoms with Gasteiger partial charge in [0.25, 0.3) is 5.78 Å². The molecule has 0 aromatic carbocycles. The minimum absolute atomic E-state index is 0.114. The molecule has 0 radical (unpaired) electrons. The number of Topliss-reactive ketones (excluding diaryl/α,β-unsaturated/α-hetero) is 1. The molecule has 0 aliphatic rings. The molecule has 0 saturated heterocycles. The Labute approximate surface area is 84.9 Å². The first-order valence-corrected chi connectivity index (χ1v) is 3.76. The first-order valence-electron chi connectivity index (χ1n) is 3.76. The van der Waals surface area contributed by atoms with E-state index in [1.54, 1.807) is 0 Å². The Hall–Kier alpha value is -1.60. The van der Waals surface area contributed by atoms with E-state index in [0.717, 1.165) is 0 Å². The van der Waals surface area contributed by atoms with Gasteiger partial charge in [0, 0.05) is 18.0 Å². The Morgan fingerprint density at radius 3 is 2.06 bits per heavy atom. The predicted molar refractivity (Wildman–Crippen MR) is 39.6 cm³/mol. The molecule has 0 fully saturated rings. The second-order valence-electron chi connectivity index (χ2n) is 2.79. The summed E-state index contributed by atoms with van der Waals surface area (Å²) in [5.41, 5.74) is -2.54. The quantitative estimate of drug-likeness (QED) is 0.560. The number of pyridine rings is 1. The Morgan fingerprint density at radius 1 is 1.06 bits per heavy atom. The summed E-state index contributed by atoms with van der Waals surface area (Å²) in [5, 5.41) is 0. The van der Waals surface area contributed by atoms with Crippen molar-refractivity contribution in [2.45, 2.75) is 12.4 Å². The summed E-state index contributed by atoms with van der Waals surface area (Å²) in [6.07, 6.45) is -9.28. The second kappa shape index (κ2) is 3.76. The third-order valence-corrected chi connectivity index (χ3v) is 1.59. The van der Waals surface area contributed by atoms with Gasteiger partial charge in [-0.1, -0.05) is 0 Å². The molecule has 1 aromatic rings. The number of alkyl halides is 6. The van der Waals surface area contributed by atoms with Crippen molar-refractivity contribution in [3.63, 3.8) is 0 Å². The van der Waals surface area contributed by atoms with E-state index in [1.807, 2.05) is 0 Å². The molecular formula is C8H3F6NO. The summed E-state index contributed by atoms with van der Waals surface area (Å²) in [5.74, 6) is -2.36. The molecule has 2 nitrogen and oxygen atoms in total. The third-order valence-electron chi connectivity index (χ3n) is 1.59. The van der Waals surface area contributed by atoms with Crippen LogP contribution in [0.5, 0.6) is 0 Å². The SMILES string of the molecule is O=C(c1cncc(C(F)(F)F)c1)C(F)(F)F. The minimum Gasteiger partial charge on any atom is -0.284 e. The topological polar surface area (TPSA) is 30.0 Å². The first-order chi connectivity index (χ1) is 7.12. The number of carbonyl (C=O) groups excluding carboxylic acids is 1. The molecule has 88 valence electrons. The van der Waals surface area contributed by atoms with E-state index in [2.05, 4.69) is 4.98 Å². The molecule has 1 heterocycles. The number of hydrogen-bond acceptors (Lipinski definition) is 2. The van der Waals surface area contributed by atoms with Gasteiger partial charge in [0.15, 0.2) is 0 Å². The molecule has 0 saturated carbocycles. The predicted octanol–water partition coefficient (Wildman–Crippen LogP) is 2.85. The van der Waals surface area contributed by atoms with Gasteiger partial charge < -0.3 is 0 Å². The molecule has 1 rings (SSSR count). The van der Waals surface area contributed by atoms with Crippen molar-refractivity contribution in [3.05, 3.63) is 29.6 Å². The Kier molecular flexibility index (Phi) is 2.93. The lowest BCUT2D eigenvalue weighted by molar-refractivity contribution is -0.137. The summed E-state index contributed by atoms with van der Waals surface area (Å²) < 4.78 is 72.0. The summed E-state index contributed by atoms with van der Waals surface area (Å²) >= 11 is 0. The Balaban J connectivity index is 3.14. The third kappa shape index (κ3) is 2.71. The zero-order valence-corrected chi connectivity index (χ0v) is 7.36. The zero-order chi connectivity index (χ0) is 12.6. The van der Waals surface area contributed by atoms with Crippen molar-refractivity contribution >= 4 is 5.78 Å². The molecule has 0 aliphatic heterocycles. The highest BCUT2D eigenvalue weighted by molar-refractivity contribution is 6.00. The van der Waals surface area contributed by atoms with Crippen LogP contribution in [0, 0.1) is 0 Å². The molecule has 1 aromatic heterocycles. The fourth-order valence-corrected chi connectivity index (χ4v) is 0.883. The standard InChI is InChI=1S/C8H3F6NO/c9-7(10,11)5-1-4(2-15-3-5)6(16)8(12,13)14/h1-3H. The van der Waals surface area contributed by atoms with Gasteiger partial charge in [-0.05, 0) is 6.07 Å². The summed E-state index contributed by atoms with van der Waals surface area (Å²) in [4.78, 5) is 13.6. The molecule has 0 bridgehead atoms. The molecule has 16 heavy (non-hydrogen) atoms. The number of rotatable bonds is 1. The van der Waals surface area contributed by atoms with Gasteiger partial charge in [-0.25, -0.2) is 0 Å². The highest BCUT2D eigenvalue weighted by Gasteiger charge is 2.40. The van der Waals surface area contributed by atoms with Crippen LogP contribution in [0.4, 0.5) is 26.3 Å². The highest BCUT2D eigenvalue weighted by atomic mass is 19.4. The van der Waals surface area contributed by atoms with Gasteiger partial charge in [-0.15, -0.1) is 0 Å². The lowest BCUT2D eigenvalue weighted by Gasteiger charge is -2.08. The zero-order valence-electron chi connectivity index (χ0n) is 7.36. The van der Waals surface area contributed by atoms with E-state index in [4.69, 9.17) is 0 Å². The van der Waals surface area contributed by atoms with Crippen LogP contribution in [0.1, 0.15) is 15.9 Å². The maximum Gasteiger partial charge on any atom is 0.454 e. The molecule has 0 amide bonds. The van der Waals surface area contributed by atoms with Crippen molar-refractivity contribution < 1.29 is 31.1 Å². The van der Waals surface area contributed by atoms with Gasteiger partial charge >= 0.3 is 12.4 Å². The van der Waals surface area contributed by atoms with E-state index in [9.17, 15) is 31.1 Å². The van der Waals surface area contributed by atoms with Crippen LogP contribution in [0.3, 0.4) is 0 Å². The monoisotopic (exact) mass is 243 g/mol. The number of nitrogens with zero attached hydrogens (tertiary/aromatic N) is 1. The summed E-state index contributed by atoms with van der Waals surface area (Å²) in [7, 11) is 0. The Morgan fingerprint density at radius 2 is 1.62 bits per heavy atom. The Bertz CT molecular complexity index is 408. The van der Waals surface area contributed by atoms with Gasteiger partial charge in [0.1, 0.15) is 0 Å². The molecule has 0 unspecified atom stereocenters. The fourth-order valence-electron chi connectivity index (χ4n) is 0.883. The van der Waals surface area contributed by atoms with E-state index in [-0.39, 0.29) is 6.07 Å². The van der Waals surface area contributed by atoms with E-state index < -0.39 is 29.3 Å². The average Bonchev–Trinajstić information content (AvgIpc) is 2.14. The van der Waals surface area contributed by atoms with Crippen LogP contribution in [0.2, 0.25) is 0 Å². The lowest BCUT2D eigenvalue weighted by atomic mass is 10.1. The summed E-state index contributed by atoms with van der Waals surface area (Å²) in [6.45, 7) is 0. The maximum absolute atomic E-state index is 12.1. The van der Waals surface area contributed by atoms with E-state index in [1.165, 1.54) is 0 Å². The molecule has 0 spiro atoms. The van der Waals surface area contributed by atoms with E-state index >= 15 is 0 Å². The van der Waals surface area contributed by atoms with Gasteiger partial charge in [-0.2, -0.15) is 26.3 Å². The van der Waals surface area contributed by atoms with Crippen LogP contribution < -0.4 is 0 Å². The molecule has 0 N–H and O–H groups in total. The van der Waals surface area contributed by atoms with Crippen LogP contribution >= 0.6 is 0 Å². The second-order valence-corrected chi connectivity index (χ2v) is 2.79. The number of carbonyl (C=O) groups is 1. The molecule has 0 atom stereocenters. The van der Waals surface area contributed by atoms with Crippen molar-refractivity contribution in [3.8, 4) is 0 Å². The molecular weight excluding hydrogens is 240 g/mol. The van der Waals surface area contributed by atoms with Crippen LogP contribution in [0.25, 0.3) is 0 Å². The van der Waals surface area contributed by atoms with Crippen LogP contribution in [-0.4, -0.2) is 16.9 Å². The van der Waals surface area contributed by atoms with Gasteiger partial charge in [0.2, 0.25) is 0 Å². The van der Waals surface area contributed by atoms with Crippen molar-refractivity contribution in [2.24, 2.45) is 0 Å². The average molecular weight is 243 g/mol. The fraction of sp³-hybridized carbons (Fsp3) is 0.250. The number of ketones is 1. The van der Waals surface area contributed by atoms with Crippen LogP contribution in [-0.2, 0) is 6.18 Å². The number of hydrogen-bond donors (Lipinski definition) is 0. The molecule has 0 aliphatic carbocycles. The van der Waals surface area contributed by atoms with Gasteiger partial charge in [-0.3, -0.25) is 9.78 Å². The largest absolute Gasteiger partial charge is 0.454 e. The van der Waals surface area contributed by atoms with E-state index in [0.29, 0.717) is 12.4 Å². The minimum atomic E-state index is -5.22. The highest BCUT2D eigenvalue weighted by Crippen LogP contribution is 2.30. The van der Waals surface area contributed by atoms with Gasteiger partial charge in [0.05, 0.1) is 5.56 Å². The summed E-state index contributed by atoms with van der Waals surface area (Å²) in [6, 6.07) is 0.114. The van der Waals surface area contributed by atoms with Crippen LogP contribution in [0.15, 0.2) is 18.5 Å². The smallest absolute Gasteiger partial charge is 0.284 e. The van der Waals surface area contributed by atoms with Crippen molar-refractivity contribution in [1.29, 1.82) is 0 Å².